The van der Waals surface area contributed by atoms with E-state index in [-0.39, 0.29) is 11.8 Å². The van der Waals surface area contributed by atoms with Gasteiger partial charge in [-0.25, -0.2) is 0 Å². The summed E-state index contributed by atoms with van der Waals surface area (Å²) < 4.78 is 5.84. The summed E-state index contributed by atoms with van der Waals surface area (Å²) in [5.41, 5.74) is 3.57. The molecule has 1 saturated heterocycles. The lowest BCUT2D eigenvalue weighted by Crippen LogP contribution is -2.37. The number of fused-ring (bicyclic) bond motifs is 1. The third-order valence-corrected chi connectivity index (χ3v) is 5.85. The average molecular weight is 447 g/mol. The molecular formula is C26H30N4O3. The van der Waals surface area contributed by atoms with E-state index in [0.29, 0.717) is 37.1 Å². The molecule has 1 aliphatic heterocycles. The smallest absolute Gasteiger partial charge is 0.238 e. The molecule has 1 fully saturated rings. The summed E-state index contributed by atoms with van der Waals surface area (Å²) in [6, 6.07) is 14.0. The predicted octanol–water partition coefficient (Wildman–Crippen LogP) is 3.63. The van der Waals surface area contributed by atoms with Crippen LogP contribution in [0.3, 0.4) is 0 Å². The maximum Gasteiger partial charge on any atom is 0.238 e. The van der Waals surface area contributed by atoms with Gasteiger partial charge in [-0.15, -0.1) is 0 Å². The van der Waals surface area contributed by atoms with Crippen LogP contribution in [0, 0.1) is 12.8 Å². The minimum Gasteiger partial charge on any atom is -0.380 e. The van der Waals surface area contributed by atoms with Gasteiger partial charge in [-0.05, 0) is 60.0 Å². The van der Waals surface area contributed by atoms with Crippen LogP contribution in [0.1, 0.15) is 18.1 Å². The topological polar surface area (TPSA) is 83.6 Å². The first-order chi connectivity index (χ1) is 16.0. The summed E-state index contributed by atoms with van der Waals surface area (Å²) in [4.78, 5) is 30.5. The zero-order valence-corrected chi connectivity index (χ0v) is 19.1. The van der Waals surface area contributed by atoms with Crippen molar-refractivity contribution in [3.63, 3.8) is 0 Å². The van der Waals surface area contributed by atoms with Gasteiger partial charge in [-0.2, -0.15) is 0 Å². The second kappa shape index (κ2) is 10.6. The predicted molar refractivity (Wildman–Crippen MR) is 130 cm³/mol. The van der Waals surface area contributed by atoms with Crippen LogP contribution in [-0.2, 0) is 20.7 Å². The number of nitrogens with one attached hydrogen (secondary N) is 2. The zero-order valence-electron chi connectivity index (χ0n) is 19.1. The van der Waals surface area contributed by atoms with Crippen molar-refractivity contribution in [1.29, 1.82) is 0 Å². The largest absolute Gasteiger partial charge is 0.380 e. The van der Waals surface area contributed by atoms with Gasteiger partial charge in [0.1, 0.15) is 0 Å². The summed E-state index contributed by atoms with van der Waals surface area (Å²) in [5, 5.41) is 8.07. The second-order valence-corrected chi connectivity index (χ2v) is 8.70. The van der Waals surface area contributed by atoms with Gasteiger partial charge in [0.25, 0.3) is 0 Å². The Kier molecular flexibility index (Phi) is 7.32. The molecule has 0 bridgehead atoms. The van der Waals surface area contributed by atoms with Crippen LogP contribution in [0.25, 0.3) is 10.8 Å². The van der Waals surface area contributed by atoms with Crippen LogP contribution < -0.4 is 10.6 Å². The molecule has 7 heteroatoms. The molecular weight excluding hydrogens is 416 g/mol. The van der Waals surface area contributed by atoms with E-state index < -0.39 is 0 Å². The fourth-order valence-electron chi connectivity index (χ4n) is 4.24. The van der Waals surface area contributed by atoms with Crippen molar-refractivity contribution in [2.24, 2.45) is 5.92 Å². The fraction of sp³-hybridized carbons (Fsp3) is 0.346. The number of ether oxygens (including phenoxy) is 1. The standard InChI is InChI=1S/C26H30N4O3/c1-18-3-6-24(13-25(18)28-19(2)31)29-26(32)16-30-9-10-33-17-21(15-30)11-20-4-5-22-7-8-27-14-23(22)12-20/h3-8,12-14,21H,9-11,15-17H2,1-2H3,(H,28,31)(H,29,32). The maximum absolute atomic E-state index is 12.7. The quantitative estimate of drug-likeness (QED) is 0.604. The minimum atomic E-state index is -0.139. The first-order valence-electron chi connectivity index (χ1n) is 11.3. The van der Waals surface area contributed by atoms with Gasteiger partial charge in [0.05, 0.1) is 19.8 Å². The van der Waals surface area contributed by atoms with E-state index in [9.17, 15) is 9.59 Å². The molecule has 0 radical (unpaired) electrons. The lowest BCUT2D eigenvalue weighted by molar-refractivity contribution is -0.117. The first-order valence-corrected chi connectivity index (χ1v) is 11.3. The molecule has 1 aliphatic rings. The molecule has 1 unspecified atom stereocenters. The summed E-state index contributed by atoms with van der Waals surface area (Å²) >= 11 is 0. The van der Waals surface area contributed by atoms with Gasteiger partial charge in [-0.1, -0.05) is 18.2 Å². The molecule has 2 heterocycles. The minimum absolute atomic E-state index is 0.0787. The number of amides is 2. The van der Waals surface area contributed by atoms with Crippen molar-refractivity contribution >= 4 is 34.0 Å². The van der Waals surface area contributed by atoms with Crippen molar-refractivity contribution in [2.75, 3.05) is 43.5 Å². The molecule has 3 aromatic rings. The number of nitrogens with zero attached hydrogens (tertiary/aromatic N) is 2. The summed E-state index contributed by atoms with van der Waals surface area (Å²) in [5.74, 6) is 0.0880. The number of rotatable bonds is 6. The molecule has 0 aliphatic carbocycles. The highest BCUT2D eigenvalue weighted by Gasteiger charge is 2.21. The Balaban J connectivity index is 1.36. The number of carbonyl (C=O) groups is 2. The number of hydrogen-bond donors (Lipinski definition) is 2. The number of aryl methyl sites for hydroxylation is 1. The van der Waals surface area contributed by atoms with E-state index in [1.54, 1.807) is 12.3 Å². The molecule has 172 valence electrons. The molecule has 4 rings (SSSR count). The SMILES string of the molecule is CC(=O)Nc1cc(NC(=O)CN2CCOCC(Cc3ccc4ccncc4c3)C2)ccc1C. The van der Waals surface area contributed by atoms with E-state index in [2.05, 4.69) is 38.7 Å². The third-order valence-electron chi connectivity index (χ3n) is 5.85. The lowest BCUT2D eigenvalue weighted by atomic mass is 9.98. The number of aromatic nitrogens is 1. The van der Waals surface area contributed by atoms with Crippen LogP contribution in [0.4, 0.5) is 11.4 Å². The van der Waals surface area contributed by atoms with Gasteiger partial charge in [-0.3, -0.25) is 19.5 Å². The molecule has 2 N–H and O–H groups in total. The molecule has 1 atom stereocenters. The molecule has 0 saturated carbocycles. The van der Waals surface area contributed by atoms with Crippen molar-refractivity contribution in [2.45, 2.75) is 20.3 Å². The molecule has 0 spiro atoms. The Bertz CT molecular complexity index is 1150. The number of benzene rings is 2. The van der Waals surface area contributed by atoms with Gasteiger partial charge in [0.2, 0.25) is 11.8 Å². The Morgan fingerprint density at radius 3 is 2.85 bits per heavy atom. The van der Waals surface area contributed by atoms with Crippen molar-refractivity contribution < 1.29 is 14.3 Å². The fourth-order valence-corrected chi connectivity index (χ4v) is 4.24. The molecule has 7 nitrogen and oxygen atoms in total. The van der Waals surface area contributed by atoms with Crippen molar-refractivity contribution in [1.82, 2.24) is 9.88 Å². The van der Waals surface area contributed by atoms with E-state index in [0.717, 1.165) is 30.5 Å². The van der Waals surface area contributed by atoms with Gasteiger partial charge < -0.3 is 15.4 Å². The Morgan fingerprint density at radius 1 is 1.12 bits per heavy atom. The number of anilines is 2. The lowest BCUT2D eigenvalue weighted by Gasteiger charge is -2.23. The Morgan fingerprint density at radius 2 is 2.00 bits per heavy atom. The number of pyridine rings is 1. The van der Waals surface area contributed by atoms with Crippen LogP contribution >= 0.6 is 0 Å². The number of carbonyl (C=O) groups excluding carboxylic acids is 2. The molecule has 33 heavy (non-hydrogen) atoms. The molecule has 2 aromatic carbocycles. The average Bonchev–Trinajstić information content (AvgIpc) is 3.00. The van der Waals surface area contributed by atoms with Gasteiger partial charge in [0.15, 0.2) is 0 Å². The third kappa shape index (κ3) is 6.37. The van der Waals surface area contributed by atoms with Crippen molar-refractivity contribution in [3.05, 3.63) is 66.0 Å². The Labute approximate surface area is 194 Å². The van der Waals surface area contributed by atoms with Crippen molar-refractivity contribution in [3.8, 4) is 0 Å². The normalized spacial score (nSPS) is 16.8. The zero-order chi connectivity index (χ0) is 23.2. The summed E-state index contributed by atoms with van der Waals surface area (Å²) in [7, 11) is 0. The highest BCUT2D eigenvalue weighted by Crippen LogP contribution is 2.21. The second-order valence-electron chi connectivity index (χ2n) is 8.70. The summed E-state index contributed by atoms with van der Waals surface area (Å²) in [6.07, 6.45) is 4.59. The van der Waals surface area contributed by atoms with Crippen LogP contribution in [0.5, 0.6) is 0 Å². The first kappa shape index (κ1) is 22.9. The highest BCUT2D eigenvalue weighted by atomic mass is 16.5. The van der Waals surface area contributed by atoms with Crippen LogP contribution in [0.2, 0.25) is 0 Å². The van der Waals surface area contributed by atoms with E-state index >= 15 is 0 Å². The Hall–Kier alpha value is -3.29. The summed E-state index contributed by atoms with van der Waals surface area (Å²) in [6.45, 7) is 6.49. The van der Waals surface area contributed by atoms with Gasteiger partial charge >= 0.3 is 0 Å². The van der Waals surface area contributed by atoms with Crippen LogP contribution in [-0.4, -0.2) is 54.5 Å². The highest BCUT2D eigenvalue weighted by molar-refractivity contribution is 5.94. The molecule has 2 amide bonds. The number of hydrogen-bond acceptors (Lipinski definition) is 5. The van der Waals surface area contributed by atoms with E-state index in [4.69, 9.17) is 4.74 Å². The van der Waals surface area contributed by atoms with Gasteiger partial charge in [0, 0.05) is 49.2 Å². The molecule has 1 aromatic heterocycles. The maximum atomic E-state index is 12.7. The van der Waals surface area contributed by atoms with E-state index in [1.165, 1.54) is 17.9 Å². The van der Waals surface area contributed by atoms with E-state index in [1.807, 2.05) is 31.3 Å². The van der Waals surface area contributed by atoms with Crippen LogP contribution in [0.15, 0.2) is 54.9 Å². The monoisotopic (exact) mass is 446 g/mol.